The van der Waals surface area contributed by atoms with Gasteiger partial charge in [0, 0.05) is 13.1 Å². The second-order valence-corrected chi connectivity index (χ2v) is 7.63. The summed E-state index contributed by atoms with van der Waals surface area (Å²) in [4.78, 5) is 29.1. The van der Waals surface area contributed by atoms with Crippen LogP contribution in [0.2, 0.25) is 0 Å². The molecule has 2 amide bonds. The molecule has 0 aliphatic carbocycles. The fraction of sp³-hybridized carbons (Fsp3) is 0.350. The molecular formula is C20H20N4O4S. The Morgan fingerprint density at radius 2 is 2.03 bits per heavy atom. The Hall–Kier alpha value is -3.09. The van der Waals surface area contributed by atoms with Gasteiger partial charge >= 0.3 is 0 Å². The van der Waals surface area contributed by atoms with Crippen molar-refractivity contribution in [3.8, 4) is 11.8 Å². The van der Waals surface area contributed by atoms with Gasteiger partial charge < -0.3 is 24.6 Å². The zero-order chi connectivity index (χ0) is 20.2. The molecule has 2 aliphatic heterocycles. The van der Waals surface area contributed by atoms with Gasteiger partial charge in [0.15, 0.2) is 6.10 Å². The minimum Gasteiger partial charge on any atom is -0.477 e. The Morgan fingerprint density at radius 1 is 1.24 bits per heavy atom. The molecular weight excluding hydrogens is 392 g/mol. The quantitative estimate of drug-likeness (QED) is 0.821. The van der Waals surface area contributed by atoms with Crippen molar-refractivity contribution in [2.45, 2.75) is 6.10 Å². The lowest BCUT2D eigenvalue weighted by atomic mass is 10.1. The number of nitrogens with zero attached hydrogens (tertiary/aromatic N) is 3. The molecule has 0 bridgehead atoms. The Morgan fingerprint density at radius 3 is 2.83 bits per heavy atom. The summed E-state index contributed by atoms with van der Waals surface area (Å²) in [6.45, 7) is 2.44. The fourth-order valence-electron chi connectivity index (χ4n) is 3.41. The van der Waals surface area contributed by atoms with E-state index in [1.54, 1.807) is 22.4 Å². The number of para-hydroxylation sites is 2. The van der Waals surface area contributed by atoms with E-state index in [9.17, 15) is 9.59 Å². The molecule has 1 fully saturated rings. The van der Waals surface area contributed by atoms with Crippen LogP contribution in [0.25, 0.3) is 0 Å². The average Bonchev–Trinajstić information content (AvgIpc) is 3.20. The van der Waals surface area contributed by atoms with E-state index in [0.717, 1.165) is 5.69 Å². The second kappa shape index (κ2) is 8.51. The zero-order valence-electron chi connectivity index (χ0n) is 15.7. The summed E-state index contributed by atoms with van der Waals surface area (Å²) < 4.78 is 11.3. The molecule has 1 aromatic carbocycles. The normalized spacial score (nSPS) is 18.4. The van der Waals surface area contributed by atoms with Gasteiger partial charge in [-0.1, -0.05) is 12.1 Å². The van der Waals surface area contributed by atoms with Crippen molar-refractivity contribution < 1.29 is 19.1 Å². The summed E-state index contributed by atoms with van der Waals surface area (Å²) in [5.74, 6) is 0.225. The first-order valence-corrected chi connectivity index (χ1v) is 10.2. The molecule has 2 aromatic rings. The number of morpholine rings is 1. The molecule has 29 heavy (non-hydrogen) atoms. The number of hydrogen-bond acceptors (Lipinski definition) is 7. The average molecular weight is 412 g/mol. The van der Waals surface area contributed by atoms with E-state index in [2.05, 4.69) is 11.4 Å². The Labute approximate surface area is 172 Å². The smallest absolute Gasteiger partial charge is 0.265 e. The lowest BCUT2D eigenvalue weighted by Gasteiger charge is -2.38. The van der Waals surface area contributed by atoms with Crippen molar-refractivity contribution in [3.05, 3.63) is 41.3 Å². The summed E-state index contributed by atoms with van der Waals surface area (Å²) in [6.07, 6.45) is -0.688. The number of carbonyl (C=O) groups excluding carboxylic acids is 2. The molecule has 8 nitrogen and oxygen atoms in total. The second-order valence-electron chi connectivity index (χ2n) is 6.72. The number of fused-ring (bicyclic) bond motifs is 1. The van der Waals surface area contributed by atoms with Crippen molar-refractivity contribution in [1.82, 2.24) is 4.90 Å². The number of hydrogen-bond donors (Lipinski definition) is 1. The van der Waals surface area contributed by atoms with Crippen LogP contribution in [0.3, 0.4) is 0 Å². The number of carbonyl (C=O) groups is 2. The van der Waals surface area contributed by atoms with Gasteiger partial charge in [0.1, 0.15) is 16.8 Å². The van der Waals surface area contributed by atoms with Crippen molar-refractivity contribution in [2.75, 3.05) is 49.6 Å². The summed E-state index contributed by atoms with van der Waals surface area (Å²) in [7, 11) is 0. The minimum absolute atomic E-state index is 0.0516. The predicted octanol–water partition coefficient (Wildman–Crippen LogP) is 1.68. The maximum atomic E-state index is 12.9. The van der Waals surface area contributed by atoms with Crippen LogP contribution in [0.4, 0.5) is 10.7 Å². The highest BCUT2D eigenvalue weighted by Gasteiger charge is 2.34. The van der Waals surface area contributed by atoms with E-state index in [0.29, 0.717) is 42.6 Å². The fourth-order valence-corrected chi connectivity index (χ4v) is 4.16. The first kappa shape index (κ1) is 19.2. The maximum Gasteiger partial charge on any atom is 0.265 e. The van der Waals surface area contributed by atoms with Gasteiger partial charge in [-0.05, 0) is 23.6 Å². The van der Waals surface area contributed by atoms with Crippen LogP contribution < -0.4 is 15.0 Å². The van der Waals surface area contributed by atoms with Gasteiger partial charge in [-0.25, -0.2) is 0 Å². The van der Waals surface area contributed by atoms with E-state index in [4.69, 9.17) is 14.7 Å². The topological polar surface area (TPSA) is 94.9 Å². The monoisotopic (exact) mass is 412 g/mol. The van der Waals surface area contributed by atoms with Crippen LogP contribution in [-0.2, 0) is 14.3 Å². The highest BCUT2D eigenvalue weighted by atomic mass is 32.1. The van der Waals surface area contributed by atoms with E-state index in [1.807, 2.05) is 23.1 Å². The molecule has 0 radical (unpaired) electrons. The van der Waals surface area contributed by atoms with Crippen LogP contribution in [0.1, 0.15) is 5.56 Å². The molecule has 2 aliphatic rings. The van der Waals surface area contributed by atoms with Crippen LogP contribution in [-0.4, -0.2) is 62.2 Å². The number of benzene rings is 1. The molecule has 3 heterocycles. The van der Waals surface area contributed by atoms with E-state index in [-0.39, 0.29) is 24.9 Å². The van der Waals surface area contributed by atoms with Crippen molar-refractivity contribution >= 4 is 33.8 Å². The molecule has 0 unspecified atom stereocenters. The first-order chi connectivity index (χ1) is 14.2. The van der Waals surface area contributed by atoms with Gasteiger partial charge in [-0.15, -0.1) is 11.3 Å². The number of rotatable bonds is 4. The third kappa shape index (κ3) is 4.18. The Kier molecular flexibility index (Phi) is 5.64. The predicted molar refractivity (Wildman–Crippen MR) is 108 cm³/mol. The lowest BCUT2D eigenvalue weighted by molar-refractivity contribution is -0.142. The molecule has 1 atom stereocenters. The standard InChI is InChI=1S/C20H20N4O4S/c21-11-14-5-10-29-19(14)22-18(25)13-24-12-17(20(26)23-6-8-27-9-7-23)28-16-4-2-1-3-15(16)24/h1-5,10,17H,6-9,12-13H2,(H,22,25)/t17-/m1/s1. The first-order valence-electron chi connectivity index (χ1n) is 9.30. The molecule has 0 saturated carbocycles. The maximum absolute atomic E-state index is 12.9. The Balaban J connectivity index is 1.49. The van der Waals surface area contributed by atoms with Gasteiger partial charge in [-0.3, -0.25) is 9.59 Å². The van der Waals surface area contributed by atoms with Crippen molar-refractivity contribution in [3.63, 3.8) is 0 Å². The Bertz CT molecular complexity index is 948. The van der Waals surface area contributed by atoms with Crippen LogP contribution in [0, 0.1) is 11.3 Å². The summed E-state index contributed by atoms with van der Waals surface area (Å²) in [5.41, 5.74) is 1.20. The largest absolute Gasteiger partial charge is 0.477 e. The molecule has 1 saturated heterocycles. The molecule has 1 aromatic heterocycles. The molecule has 0 spiro atoms. The number of ether oxygens (including phenoxy) is 2. The summed E-state index contributed by atoms with van der Waals surface area (Å²) in [5, 5.41) is 14.2. The zero-order valence-corrected chi connectivity index (χ0v) is 16.5. The SMILES string of the molecule is N#Cc1ccsc1NC(=O)CN1C[C@H](C(=O)N2CCOCC2)Oc2ccccc21. The highest BCUT2D eigenvalue weighted by molar-refractivity contribution is 7.14. The highest BCUT2D eigenvalue weighted by Crippen LogP contribution is 2.33. The van der Waals surface area contributed by atoms with Crippen molar-refractivity contribution in [1.29, 1.82) is 5.26 Å². The molecule has 9 heteroatoms. The number of anilines is 2. The lowest BCUT2D eigenvalue weighted by Crippen LogP contribution is -2.53. The third-order valence-electron chi connectivity index (χ3n) is 4.83. The van der Waals surface area contributed by atoms with Crippen LogP contribution in [0.5, 0.6) is 5.75 Å². The molecule has 4 rings (SSSR count). The summed E-state index contributed by atoms with van der Waals surface area (Å²) in [6, 6.07) is 11.1. The van der Waals surface area contributed by atoms with Gasteiger partial charge in [0.2, 0.25) is 5.91 Å². The minimum atomic E-state index is -0.688. The number of nitriles is 1. The third-order valence-corrected chi connectivity index (χ3v) is 5.66. The molecule has 150 valence electrons. The van der Waals surface area contributed by atoms with Crippen molar-refractivity contribution in [2.24, 2.45) is 0 Å². The number of thiophene rings is 1. The van der Waals surface area contributed by atoms with Crippen LogP contribution >= 0.6 is 11.3 Å². The van der Waals surface area contributed by atoms with E-state index >= 15 is 0 Å². The van der Waals surface area contributed by atoms with E-state index in [1.165, 1.54) is 11.3 Å². The number of nitrogens with one attached hydrogen (secondary N) is 1. The van der Waals surface area contributed by atoms with Gasteiger partial charge in [0.05, 0.1) is 37.6 Å². The van der Waals surface area contributed by atoms with Crippen LogP contribution in [0.15, 0.2) is 35.7 Å². The number of amides is 2. The van der Waals surface area contributed by atoms with Gasteiger partial charge in [0.25, 0.3) is 5.91 Å². The van der Waals surface area contributed by atoms with E-state index < -0.39 is 6.10 Å². The van der Waals surface area contributed by atoms with Gasteiger partial charge in [-0.2, -0.15) is 5.26 Å². The summed E-state index contributed by atoms with van der Waals surface area (Å²) >= 11 is 1.30. The molecule has 1 N–H and O–H groups in total.